The molecule has 162 valence electrons. The second-order valence-corrected chi connectivity index (χ2v) is 8.04. The van der Waals surface area contributed by atoms with E-state index in [1.807, 2.05) is 11.0 Å². The highest BCUT2D eigenvalue weighted by atomic mass is 16.5. The van der Waals surface area contributed by atoms with Crippen molar-refractivity contribution in [2.45, 2.75) is 25.4 Å². The fourth-order valence-corrected chi connectivity index (χ4v) is 4.59. The van der Waals surface area contributed by atoms with Crippen LogP contribution in [0, 0.1) is 0 Å². The van der Waals surface area contributed by atoms with Crippen LogP contribution in [0.3, 0.4) is 0 Å². The maximum Gasteiger partial charge on any atom is 0.323 e. The Kier molecular flexibility index (Phi) is 4.90. The van der Waals surface area contributed by atoms with Gasteiger partial charge < -0.3 is 14.3 Å². The van der Waals surface area contributed by atoms with Crippen molar-refractivity contribution in [3.8, 4) is 17.1 Å². The molecule has 2 aromatic carbocycles. The minimum absolute atomic E-state index is 0.159. The maximum absolute atomic E-state index is 12.8. The maximum atomic E-state index is 12.8. The van der Waals surface area contributed by atoms with Gasteiger partial charge >= 0.3 is 5.97 Å². The summed E-state index contributed by atoms with van der Waals surface area (Å²) >= 11 is 0. The molecular weight excluding hydrogens is 410 g/mol. The molecule has 5 rings (SSSR count). The number of fused-ring (bicyclic) bond motifs is 5. The zero-order valence-electron chi connectivity index (χ0n) is 17.5. The first-order chi connectivity index (χ1) is 15.5. The Labute approximate surface area is 184 Å². The molecule has 7 heteroatoms. The number of rotatable bonds is 4. The smallest absolute Gasteiger partial charge is 0.323 e. The Morgan fingerprint density at radius 2 is 1.81 bits per heavy atom. The van der Waals surface area contributed by atoms with Gasteiger partial charge in [0.15, 0.2) is 0 Å². The number of carbonyl (C=O) groups is 3. The monoisotopic (exact) mass is 431 g/mol. The molecule has 2 aliphatic rings. The number of esters is 1. The average Bonchev–Trinajstić information content (AvgIpc) is 3.20. The Morgan fingerprint density at radius 1 is 1.09 bits per heavy atom. The molecule has 2 heterocycles. The van der Waals surface area contributed by atoms with Gasteiger partial charge in [-0.15, -0.1) is 0 Å². The van der Waals surface area contributed by atoms with E-state index in [1.165, 1.54) is 7.11 Å². The third kappa shape index (κ3) is 3.22. The van der Waals surface area contributed by atoms with Gasteiger partial charge in [0.05, 0.1) is 19.2 Å². The van der Waals surface area contributed by atoms with Crippen molar-refractivity contribution < 1.29 is 28.6 Å². The number of methoxy groups -OCH3 is 1. The highest BCUT2D eigenvalue weighted by Gasteiger charge is 2.40. The van der Waals surface area contributed by atoms with Crippen LogP contribution in [0.25, 0.3) is 11.3 Å². The first-order valence-electron chi connectivity index (χ1n) is 10.4. The van der Waals surface area contributed by atoms with E-state index in [0.29, 0.717) is 54.1 Å². The van der Waals surface area contributed by atoms with E-state index in [4.69, 9.17) is 9.15 Å². The first-order valence-corrected chi connectivity index (χ1v) is 10.4. The summed E-state index contributed by atoms with van der Waals surface area (Å²) in [5.41, 5.74) is 2.97. The van der Waals surface area contributed by atoms with Crippen LogP contribution < -0.4 is 0 Å². The van der Waals surface area contributed by atoms with Crippen molar-refractivity contribution in [3.05, 3.63) is 76.5 Å². The predicted octanol–water partition coefficient (Wildman–Crippen LogP) is 3.17. The zero-order valence-corrected chi connectivity index (χ0v) is 17.5. The van der Waals surface area contributed by atoms with Gasteiger partial charge in [-0.25, -0.2) is 0 Å². The van der Waals surface area contributed by atoms with Crippen LogP contribution in [0.2, 0.25) is 0 Å². The Hall–Kier alpha value is -3.71. The summed E-state index contributed by atoms with van der Waals surface area (Å²) in [5.74, 6) is -0.227. The van der Waals surface area contributed by atoms with Gasteiger partial charge in [0.2, 0.25) is 11.6 Å². The van der Waals surface area contributed by atoms with E-state index < -0.39 is 17.6 Å². The Balaban J connectivity index is 1.49. The van der Waals surface area contributed by atoms with Gasteiger partial charge in [-0.05, 0) is 30.5 Å². The summed E-state index contributed by atoms with van der Waals surface area (Å²) in [6, 6.07) is 13.1. The average molecular weight is 431 g/mol. The fraction of sp³-hybridized carbons (Fsp3) is 0.240. The number of hydrogen-bond donors (Lipinski definition) is 1. The number of furan rings is 1. The van der Waals surface area contributed by atoms with Crippen molar-refractivity contribution in [1.82, 2.24) is 4.90 Å². The number of Topliss-reactive ketones (excluding diaryl/α,β-unsaturated/α-hetero) is 2. The fourth-order valence-electron chi connectivity index (χ4n) is 4.59. The van der Waals surface area contributed by atoms with Crippen LogP contribution in [-0.4, -0.2) is 47.2 Å². The molecule has 0 unspecified atom stereocenters. The van der Waals surface area contributed by atoms with Gasteiger partial charge in [-0.3, -0.25) is 19.3 Å². The van der Waals surface area contributed by atoms with Gasteiger partial charge in [-0.1, -0.05) is 36.4 Å². The number of benzene rings is 2. The number of ether oxygens (including phenoxy) is 1. The van der Waals surface area contributed by atoms with Crippen LogP contribution in [0.1, 0.15) is 37.6 Å². The van der Waals surface area contributed by atoms with Gasteiger partial charge in [0.1, 0.15) is 23.3 Å². The molecule has 0 fully saturated rings. The van der Waals surface area contributed by atoms with Crippen molar-refractivity contribution in [1.29, 1.82) is 0 Å². The van der Waals surface area contributed by atoms with E-state index in [-0.39, 0.29) is 11.7 Å². The number of nitrogens with zero attached hydrogens (tertiary/aromatic N) is 1. The molecule has 3 aromatic rings. The van der Waals surface area contributed by atoms with Crippen LogP contribution in [0.4, 0.5) is 0 Å². The van der Waals surface area contributed by atoms with Crippen molar-refractivity contribution in [2.24, 2.45) is 0 Å². The van der Waals surface area contributed by atoms with E-state index in [9.17, 15) is 19.5 Å². The van der Waals surface area contributed by atoms with Crippen LogP contribution >= 0.6 is 0 Å². The normalized spacial score (nSPS) is 16.2. The molecule has 0 saturated carbocycles. The summed E-state index contributed by atoms with van der Waals surface area (Å²) in [4.78, 5) is 40.0. The van der Waals surface area contributed by atoms with Crippen LogP contribution in [0.15, 0.2) is 52.9 Å². The Morgan fingerprint density at radius 3 is 2.53 bits per heavy atom. The molecule has 0 saturated heterocycles. The third-order valence-electron chi connectivity index (χ3n) is 6.22. The predicted molar refractivity (Wildman–Crippen MR) is 115 cm³/mol. The quantitative estimate of drug-likeness (QED) is 0.501. The molecule has 1 N–H and O–H groups in total. The summed E-state index contributed by atoms with van der Waals surface area (Å²) in [6.45, 7) is 0.837. The van der Waals surface area contributed by atoms with E-state index in [1.54, 1.807) is 42.5 Å². The highest BCUT2D eigenvalue weighted by Crippen LogP contribution is 2.40. The number of aromatic hydroxyl groups is 1. The van der Waals surface area contributed by atoms with Gasteiger partial charge in [-0.2, -0.15) is 0 Å². The summed E-state index contributed by atoms with van der Waals surface area (Å²) in [6.07, 6.45) is 0.890. The number of phenolic OH excluding ortho intramolecular Hbond substituents is 1. The third-order valence-corrected chi connectivity index (χ3v) is 6.22. The number of carbonyl (C=O) groups excluding carboxylic acids is 3. The molecule has 1 aromatic heterocycles. The Bertz CT molecular complexity index is 1240. The molecular formula is C25H21NO6. The van der Waals surface area contributed by atoms with Gasteiger partial charge in [0.25, 0.3) is 0 Å². The van der Waals surface area contributed by atoms with Crippen LogP contribution in [0.5, 0.6) is 5.75 Å². The molecule has 0 amide bonds. The van der Waals surface area contributed by atoms with Crippen molar-refractivity contribution in [3.63, 3.8) is 0 Å². The lowest BCUT2D eigenvalue weighted by molar-refractivity contribution is -0.147. The standard InChI is InChI=1S/C25H21NO6/c1-31-25(30)19(12-14-6-8-15(27)9-7-14)26-11-10-18-20(13-26)32-24-17-5-3-2-4-16(17)22(28)23(29)21(18)24/h2-9,19,27H,10-13H2,1H3/t19-/m0/s1. The molecule has 0 radical (unpaired) electrons. The second-order valence-electron chi connectivity index (χ2n) is 8.04. The lowest BCUT2D eigenvalue weighted by Crippen LogP contribution is -2.45. The molecule has 0 spiro atoms. The highest BCUT2D eigenvalue weighted by molar-refractivity contribution is 6.53. The number of hydrogen-bond acceptors (Lipinski definition) is 7. The minimum atomic E-state index is -0.551. The summed E-state index contributed by atoms with van der Waals surface area (Å²) in [5, 5.41) is 9.53. The first kappa shape index (κ1) is 20.2. The molecule has 1 aliphatic carbocycles. The van der Waals surface area contributed by atoms with E-state index in [2.05, 4.69) is 0 Å². The second kappa shape index (κ2) is 7.76. The van der Waals surface area contributed by atoms with Crippen LogP contribution in [-0.2, 0) is 28.9 Å². The largest absolute Gasteiger partial charge is 0.508 e. The molecule has 1 atom stereocenters. The SMILES string of the molecule is COC(=O)[C@H](Cc1ccc(O)cc1)N1CCc2c(oc3c2C(=O)C(=O)c2ccccc2-3)C1. The lowest BCUT2D eigenvalue weighted by atomic mass is 9.85. The van der Waals surface area contributed by atoms with E-state index >= 15 is 0 Å². The van der Waals surface area contributed by atoms with E-state index in [0.717, 1.165) is 11.1 Å². The molecule has 0 bridgehead atoms. The molecule has 1 aliphatic heterocycles. The topological polar surface area (TPSA) is 97.1 Å². The number of ketones is 2. The summed E-state index contributed by atoms with van der Waals surface area (Å²) in [7, 11) is 1.36. The zero-order chi connectivity index (χ0) is 22.4. The minimum Gasteiger partial charge on any atom is -0.508 e. The lowest BCUT2D eigenvalue weighted by Gasteiger charge is -2.32. The molecule has 32 heavy (non-hydrogen) atoms. The van der Waals surface area contributed by atoms with Gasteiger partial charge in [0, 0.05) is 23.2 Å². The number of phenols is 1. The van der Waals surface area contributed by atoms with Crippen molar-refractivity contribution in [2.75, 3.05) is 13.7 Å². The van der Waals surface area contributed by atoms with Crippen molar-refractivity contribution >= 4 is 17.5 Å². The molecule has 7 nitrogen and oxygen atoms in total. The summed E-state index contributed by atoms with van der Waals surface area (Å²) < 4.78 is 11.2.